The van der Waals surface area contributed by atoms with Crippen molar-refractivity contribution in [2.45, 2.75) is 51.4 Å². The largest absolute Gasteiger partial charge is 0.341 e. The third kappa shape index (κ3) is 4.01. The molecule has 0 saturated carbocycles. The number of fused-ring (bicyclic) bond motifs is 1. The van der Waals surface area contributed by atoms with Crippen LogP contribution in [0.4, 0.5) is 19.1 Å². The minimum absolute atomic E-state index is 0.118. The number of hydrogen-bond donors (Lipinski definition) is 1. The standard InChI is InChI=1S/C22H27F3N6O/c1-2-22(13-26)4-7-29(8-5-22)20(32)12-31-19-10-16(25)15(24)9-18(19)28-21(31)30-6-3-14(23)17(27)11-30/h9-10,14,17H,2-8,11-12,27H2,1H3/t14-,17-/m1/s1. The number of aromatic nitrogens is 2. The van der Waals surface area contributed by atoms with Crippen LogP contribution in [-0.4, -0.2) is 58.8 Å². The van der Waals surface area contributed by atoms with Gasteiger partial charge in [-0.05, 0) is 25.7 Å². The molecular weight excluding hydrogens is 421 g/mol. The summed E-state index contributed by atoms with van der Waals surface area (Å²) in [5.74, 6) is -1.90. The number of anilines is 1. The zero-order valence-corrected chi connectivity index (χ0v) is 18.0. The number of carbonyl (C=O) groups is 1. The van der Waals surface area contributed by atoms with Gasteiger partial charge in [-0.15, -0.1) is 0 Å². The summed E-state index contributed by atoms with van der Waals surface area (Å²) in [5, 5.41) is 9.49. The number of piperidine rings is 2. The number of likely N-dealkylation sites (tertiary alicyclic amines) is 1. The van der Waals surface area contributed by atoms with Gasteiger partial charge in [0, 0.05) is 38.3 Å². The molecule has 10 heteroatoms. The normalized spacial score (nSPS) is 23.4. The highest BCUT2D eigenvalue weighted by molar-refractivity contribution is 5.83. The minimum Gasteiger partial charge on any atom is -0.341 e. The van der Waals surface area contributed by atoms with Gasteiger partial charge in [0.1, 0.15) is 12.7 Å². The van der Waals surface area contributed by atoms with Crippen molar-refractivity contribution in [1.82, 2.24) is 14.5 Å². The van der Waals surface area contributed by atoms with E-state index in [-0.39, 0.29) is 30.9 Å². The summed E-state index contributed by atoms with van der Waals surface area (Å²) in [7, 11) is 0. The van der Waals surface area contributed by atoms with Gasteiger partial charge in [-0.25, -0.2) is 18.2 Å². The average molecular weight is 448 g/mol. The molecule has 0 aliphatic carbocycles. The van der Waals surface area contributed by atoms with Crippen LogP contribution >= 0.6 is 0 Å². The smallest absolute Gasteiger partial charge is 0.242 e. The summed E-state index contributed by atoms with van der Waals surface area (Å²) in [5.41, 5.74) is 6.00. The van der Waals surface area contributed by atoms with Crippen molar-refractivity contribution >= 4 is 22.9 Å². The summed E-state index contributed by atoms with van der Waals surface area (Å²) in [4.78, 5) is 21.0. The number of halogens is 3. The van der Waals surface area contributed by atoms with Crippen LogP contribution in [-0.2, 0) is 11.3 Å². The Hall–Kier alpha value is -2.80. The highest BCUT2D eigenvalue weighted by Gasteiger charge is 2.35. The monoisotopic (exact) mass is 448 g/mol. The number of alkyl halides is 1. The van der Waals surface area contributed by atoms with Crippen LogP contribution in [0.25, 0.3) is 11.0 Å². The first kappa shape index (κ1) is 22.4. The van der Waals surface area contributed by atoms with Crippen LogP contribution in [0.3, 0.4) is 0 Å². The van der Waals surface area contributed by atoms with Gasteiger partial charge < -0.3 is 20.1 Å². The number of benzene rings is 1. The molecule has 32 heavy (non-hydrogen) atoms. The Balaban J connectivity index is 1.63. The van der Waals surface area contributed by atoms with E-state index in [1.807, 2.05) is 6.92 Å². The molecular formula is C22H27F3N6O. The van der Waals surface area contributed by atoms with Crippen LogP contribution in [0.2, 0.25) is 0 Å². The molecule has 1 aromatic carbocycles. The number of nitrogens with zero attached hydrogens (tertiary/aromatic N) is 5. The third-order valence-electron chi connectivity index (χ3n) is 6.90. The first-order valence-corrected chi connectivity index (χ1v) is 11.0. The minimum atomic E-state index is -1.13. The van der Waals surface area contributed by atoms with Crippen molar-refractivity contribution in [3.8, 4) is 6.07 Å². The molecule has 172 valence electrons. The van der Waals surface area contributed by atoms with Crippen molar-refractivity contribution in [2.75, 3.05) is 31.1 Å². The van der Waals surface area contributed by atoms with Crippen LogP contribution in [0.1, 0.15) is 32.6 Å². The zero-order chi connectivity index (χ0) is 23.0. The lowest BCUT2D eigenvalue weighted by Gasteiger charge is -2.37. The van der Waals surface area contributed by atoms with Gasteiger partial charge in [-0.3, -0.25) is 4.79 Å². The van der Waals surface area contributed by atoms with E-state index < -0.39 is 29.3 Å². The molecule has 2 N–H and O–H groups in total. The van der Waals surface area contributed by atoms with Crippen LogP contribution < -0.4 is 10.6 Å². The highest BCUT2D eigenvalue weighted by atomic mass is 19.2. The van der Waals surface area contributed by atoms with Crippen molar-refractivity contribution in [2.24, 2.45) is 11.1 Å². The van der Waals surface area contributed by atoms with E-state index in [1.54, 1.807) is 14.4 Å². The van der Waals surface area contributed by atoms with Crippen LogP contribution in [0.5, 0.6) is 0 Å². The number of rotatable bonds is 4. The van der Waals surface area contributed by atoms with E-state index >= 15 is 0 Å². The Morgan fingerprint density at radius 2 is 1.97 bits per heavy atom. The van der Waals surface area contributed by atoms with Crippen LogP contribution in [0, 0.1) is 28.4 Å². The molecule has 1 aromatic heterocycles. The maximum absolute atomic E-state index is 14.0. The Morgan fingerprint density at radius 1 is 1.28 bits per heavy atom. The number of imidazole rings is 1. The Labute approximate surface area is 184 Å². The molecule has 3 heterocycles. The lowest BCUT2D eigenvalue weighted by Crippen LogP contribution is -2.50. The van der Waals surface area contributed by atoms with Gasteiger partial charge in [0.2, 0.25) is 11.9 Å². The molecule has 2 aromatic rings. The second-order valence-corrected chi connectivity index (χ2v) is 8.79. The molecule has 0 unspecified atom stereocenters. The van der Waals surface area contributed by atoms with Gasteiger partial charge in [0.15, 0.2) is 11.6 Å². The zero-order valence-electron chi connectivity index (χ0n) is 18.0. The van der Waals surface area contributed by atoms with E-state index in [0.29, 0.717) is 43.9 Å². The predicted octanol–water partition coefficient (Wildman–Crippen LogP) is 2.73. The Bertz CT molecular complexity index is 1060. The fourth-order valence-corrected chi connectivity index (χ4v) is 4.60. The summed E-state index contributed by atoms with van der Waals surface area (Å²) < 4.78 is 43.3. The van der Waals surface area contributed by atoms with E-state index in [9.17, 15) is 23.2 Å². The second kappa shape index (κ2) is 8.62. The van der Waals surface area contributed by atoms with Gasteiger partial charge in [-0.2, -0.15) is 5.26 Å². The molecule has 2 fully saturated rings. The van der Waals surface area contributed by atoms with Crippen molar-refractivity contribution in [3.05, 3.63) is 23.8 Å². The van der Waals surface area contributed by atoms with Gasteiger partial charge in [-0.1, -0.05) is 6.92 Å². The summed E-state index contributed by atoms with van der Waals surface area (Å²) in [6, 6.07) is 3.71. The molecule has 2 aliphatic heterocycles. The molecule has 2 saturated heterocycles. The summed E-state index contributed by atoms with van der Waals surface area (Å²) >= 11 is 0. The van der Waals surface area contributed by atoms with Crippen molar-refractivity contribution in [3.63, 3.8) is 0 Å². The van der Waals surface area contributed by atoms with Crippen LogP contribution in [0.15, 0.2) is 12.1 Å². The number of nitrogens with two attached hydrogens (primary N) is 1. The van der Waals surface area contributed by atoms with E-state index in [2.05, 4.69) is 11.1 Å². The molecule has 7 nitrogen and oxygen atoms in total. The quantitative estimate of drug-likeness (QED) is 0.777. The summed E-state index contributed by atoms with van der Waals surface area (Å²) in [6.45, 7) is 3.31. The number of carbonyl (C=O) groups excluding carboxylic acids is 1. The Morgan fingerprint density at radius 3 is 2.59 bits per heavy atom. The van der Waals surface area contributed by atoms with Gasteiger partial charge in [0.25, 0.3) is 0 Å². The lowest BCUT2D eigenvalue weighted by atomic mass is 9.77. The maximum Gasteiger partial charge on any atom is 0.242 e. The maximum atomic E-state index is 14.0. The second-order valence-electron chi connectivity index (χ2n) is 8.79. The molecule has 2 atom stereocenters. The lowest BCUT2D eigenvalue weighted by molar-refractivity contribution is -0.133. The molecule has 2 aliphatic rings. The first-order valence-electron chi connectivity index (χ1n) is 11.0. The average Bonchev–Trinajstić information content (AvgIpc) is 3.13. The Kier molecular flexibility index (Phi) is 6.03. The molecule has 4 rings (SSSR count). The molecule has 0 bridgehead atoms. The SMILES string of the molecule is CCC1(C#N)CCN(C(=O)Cn2c(N3CC[C@@H](F)[C@H](N)C3)nc3cc(F)c(F)cc32)CC1. The highest BCUT2D eigenvalue weighted by Crippen LogP contribution is 2.34. The molecule has 0 radical (unpaired) electrons. The number of amides is 1. The van der Waals surface area contributed by atoms with Gasteiger partial charge in [0.05, 0.1) is 28.6 Å². The third-order valence-corrected chi connectivity index (χ3v) is 6.90. The number of hydrogen-bond acceptors (Lipinski definition) is 5. The van der Waals surface area contributed by atoms with Gasteiger partial charge >= 0.3 is 0 Å². The fourth-order valence-electron chi connectivity index (χ4n) is 4.60. The van der Waals surface area contributed by atoms with Crippen molar-refractivity contribution < 1.29 is 18.0 Å². The van der Waals surface area contributed by atoms with E-state index in [1.165, 1.54) is 0 Å². The summed E-state index contributed by atoms with van der Waals surface area (Å²) in [6.07, 6.45) is 1.01. The molecule has 1 amide bonds. The fraction of sp³-hybridized carbons (Fsp3) is 0.591. The topological polar surface area (TPSA) is 91.2 Å². The first-order chi connectivity index (χ1) is 15.3. The van der Waals surface area contributed by atoms with E-state index in [0.717, 1.165) is 18.6 Å². The van der Waals surface area contributed by atoms with Crippen molar-refractivity contribution in [1.29, 1.82) is 5.26 Å². The number of nitriles is 1. The van der Waals surface area contributed by atoms with E-state index in [4.69, 9.17) is 5.73 Å². The predicted molar refractivity (Wildman–Crippen MR) is 114 cm³/mol. The molecule has 0 spiro atoms.